The normalized spacial score (nSPS) is 19.3. The van der Waals surface area contributed by atoms with Crippen molar-refractivity contribution >= 4 is 16.8 Å². The molecule has 0 unspecified atom stereocenters. The van der Waals surface area contributed by atoms with Crippen molar-refractivity contribution in [2.45, 2.75) is 44.6 Å². The second kappa shape index (κ2) is 9.10. The highest BCUT2D eigenvalue weighted by molar-refractivity contribution is 5.94. The van der Waals surface area contributed by atoms with Crippen LogP contribution in [-0.2, 0) is 0 Å². The van der Waals surface area contributed by atoms with Crippen LogP contribution < -0.4 is 5.32 Å². The summed E-state index contributed by atoms with van der Waals surface area (Å²) in [4.78, 5) is 17.1. The molecule has 1 amide bonds. The van der Waals surface area contributed by atoms with Crippen LogP contribution in [0.4, 0.5) is 4.39 Å². The van der Waals surface area contributed by atoms with E-state index in [1.54, 1.807) is 36.4 Å². The van der Waals surface area contributed by atoms with Crippen LogP contribution in [0.2, 0.25) is 0 Å². The van der Waals surface area contributed by atoms with Gasteiger partial charge in [-0.1, -0.05) is 0 Å². The zero-order valence-corrected chi connectivity index (χ0v) is 18.4. The zero-order valence-electron chi connectivity index (χ0n) is 18.4. The number of amides is 1. The second-order valence-corrected chi connectivity index (χ2v) is 8.76. The zero-order chi connectivity index (χ0) is 22.8. The lowest BCUT2D eigenvalue weighted by Crippen LogP contribution is -2.39. The summed E-state index contributed by atoms with van der Waals surface area (Å²) in [7, 11) is 0. The van der Waals surface area contributed by atoms with Gasteiger partial charge in [0.25, 0.3) is 5.91 Å². The Balaban J connectivity index is 1.20. The van der Waals surface area contributed by atoms with E-state index in [9.17, 15) is 9.18 Å². The van der Waals surface area contributed by atoms with E-state index in [1.807, 2.05) is 12.3 Å². The highest BCUT2D eigenvalue weighted by Crippen LogP contribution is 2.39. The molecule has 1 fully saturated rings. The monoisotopic (exact) mass is 444 g/mol. The van der Waals surface area contributed by atoms with E-state index in [0.29, 0.717) is 23.3 Å². The van der Waals surface area contributed by atoms with E-state index in [4.69, 9.17) is 4.42 Å². The number of carbonyl (C=O) groups is 1. The Morgan fingerprint density at radius 1 is 1.09 bits per heavy atom. The maximum Gasteiger partial charge on any atom is 0.251 e. The molecule has 0 aliphatic heterocycles. The van der Waals surface area contributed by atoms with Crippen LogP contribution in [0.1, 0.15) is 54.4 Å². The van der Waals surface area contributed by atoms with Gasteiger partial charge in [0.15, 0.2) is 0 Å². The standard InChI is InChI=1S/C26H25FN4O2/c1-16(30-25(32)19-6-8-20(9-7-19)26-31-29-15-33-26)17-2-4-18(5-3-17)22-12-13-28-24-11-10-21(27)14-23(22)24/h6-18H,2-5H2,1H3,(H,30,32)/t16-,17?,18?/m1/s1. The number of pyridine rings is 1. The molecule has 4 aromatic rings. The van der Waals surface area contributed by atoms with Crippen molar-refractivity contribution in [1.82, 2.24) is 20.5 Å². The fourth-order valence-corrected chi connectivity index (χ4v) is 4.90. The minimum atomic E-state index is -0.230. The number of aromatic nitrogens is 3. The largest absolute Gasteiger partial charge is 0.423 e. The van der Waals surface area contributed by atoms with E-state index >= 15 is 0 Å². The van der Waals surface area contributed by atoms with Crippen molar-refractivity contribution in [3.63, 3.8) is 0 Å². The van der Waals surface area contributed by atoms with Crippen LogP contribution in [-0.4, -0.2) is 27.1 Å². The van der Waals surface area contributed by atoms with E-state index < -0.39 is 0 Å². The van der Waals surface area contributed by atoms with Crippen LogP contribution in [0.5, 0.6) is 0 Å². The van der Waals surface area contributed by atoms with Crippen LogP contribution in [0.15, 0.2) is 65.5 Å². The van der Waals surface area contributed by atoms with Gasteiger partial charge in [-0.05, 0) is 98.5 Å². The van der Waals surface area contributed by atoms with Crippen molar-refractivity contribution < 1.29 is 13.6 Å². The number of nitrogens with zero attached hydrogens (tertiary/aromatic N) is 3. The predicted octanol–water partition coefficient (Wildman–Crippen LogP) is 5.52. The molecule has 1 aliphatic rings. The maximum absolute atomic E-state index is 13.8. The highest BCUT2D eigenvalue weighted by atomic mass is 19.1. The van der Waals surface area contributed by atoms with Crippen LogP contribution in [0.3, 0.4) is 0 Å². The number of nitrogens with one attached hydrogen (secondary N) is 1. The third-order valence-electron chi connectivity index (χ3n) is 6.77. The van der Waals surface area contributed by atoms with Crippen molar-refractivity contribution in [2.75, 3.05) is 0 Å². The van der Waals surface area contributed by atoms with E-state index in [2.05, 4.69) is 27.4 Å². The van der Waals surface area contributed by atoms with Gasteiger partial charge in [0.1, 0.15) is 5.82 Å². The predicted molar refractivity (Wildman–Crippen MR) is 123 cm³/mol. The van der Waals surface area contributed by atoms with Crippen molar-refractivity contribution in [3.8, 4) is 11.5 Å². The molecule has 0 spiro atoms. The summed E-state index contributed by atoms with van der Waals surface area (Å²) < 4.78 is 19.0. The highest BCUT2D eigenvalue weighted by Gasteiger charge is 2.28. The summed E-state index contributed by atoms with van der Waals surface area (Å²) in [6.45, 7) is 2.08. The number of carbonyl (C=O) groups excluding carboxylic acids is 1. The molecule has 1 atom stereocenters. The van der Waals surface area contributed by atoms with Crippen molar-refractivity contribution in [2.24, 2.45) is 5.92 Å². The Kier molecular flexibility index (Phi) is 5.86. The molecule has 2 aromatic carbocycles. The lowest BCUT2D eigenvalue weighted by atomic mass is 9.75. The van der Waals surface area contributed by atoms with Crippen molar-refractivity contribution in [3.05, 3.63) is 78.1 Å². The van der Waals surface area contributed by atoms with Crippen LogP contribution >= 0.6 is 0 Å². The molecule has 0 saturated heterocycles. The Morgan fingerprint density at radius 3 is 2.61 bits per heavy atom. The number of rotatable bonds is 5. The van der Waals surface area contributed by atoms with Gasteiger partial charge in [-0.15, -0.1) is 10.2 Å². The van der Waals surface area contributed by atoms with E-state index in [-0.39, 0.29) is 17.8 Å². The molecule has 1 saturated carbocycles. The first-order valence-electron chi connectivity index (χ1n) is 11.3. The van der Waals surface area contributed by atoms with Gasteiger partial charge in [-0.2, -0.15) is 0 Å². The number of fused-ring (bicyclic) bond motifs is 1. The fraction of sp³-hybridized carbons (Fsp3) is 0.308. The maximum atomic E-state index is 13.8. The summed E-state index contributed by atoms with van der Waals surface area (Å²) >= 11 is 0. The van der Waals surface area contributed by atoms with Crippen LogP contribution in [0, 0.1) is 11.7 Å². The summed E-state index contributed by atoms with van der Waals surface area (Å²) in [6.07, 6.45) is 7.15. The first-order valence-corrected chi connectivity index (χ1v) is 11.3. The lowest BCUT2D eigenvalue weighted by Gasteiger charge is -2.33. The molecule has 6 nitrogen and oxygen atoms in total. The van der Waals surface area contributed by atoms with Gasteiger partial charge in [0, 0.05) is 28.8 Å². The number of halogens is 1. The molecule has 0 radical (unpaired) electrons. The molecule has 1 aliphatic carbocycles. The van der Waals surface area contributed by atoms with Crippen molar-refractivity contribution in [1.29, 1.82) is 0 Å². The Morgan fingerprint density at radius 2 is 1.88 bits per heavy atom. The number of hydrogen-bond acceptors (Lipinski definition) is 5. The second-order valence-electron chi connectivity index (χ2n) is 8.76. The fourth-order valence-electron chi connectivity index (χ4n) is 4.90. The van der Waals surface area contributed by atoms with Crippen LogP contribution in [0.25, 0.3) is 22.4 Å². The molecule has 0 bridgehead atoms. The minimum Gasteiger partial charge on any atom is -0.423 e. The molecule has 33 heavy (non-hydrogen) atoms. The molecule has 2 heterocycles. The summed E-state index contributed by atoms with van der Waals surface area (Å²) in [5.74, 6) is 0.905. The molecule has 2 aromatic heterocycles. The quantitative estimate of drug-likeness (QED) is 0.439. The summed E-state index contributed by atoms with van der Waals surface area (Å²) in [5.41, 5.74) is 3.39. The molecule has 7 heteroatoms. The third-order valence-corrected chi connectivity index (χ3v) is 6.77. The van der Waals surface area contributed by atoms with Gasteiger partial charge < -0.3 is 9.73 Å². The van der Waals surface area contributed by atoms with E-state index in [1.165, 1.54) is 18.0 Å². The molecule has 1 N–H and O–H groups in total. The van der Waals surface area contributed by atoms with Gasteiger partial charge in [-0.25, -0.2) is 4.39 Å². The molecule has 168 valence electrons. The molecular formula is C26H25FN4O2. The summed E-state index contributed by atoms with van der Waals surface area (Å²) in [6, 6.07) is 14.0. The van der Waals surface area contributed by atoms with Gasteiger partial charge in [0.2, 0.25) is 12.3 Å². The van der Waals surface area contributed by atoms with Gasteiger partial charge >= 0.3 is 0 Å². The average Bonchev–Trinajstić information content (AvgIpc) is 3.39. The average molecular weight is 445 g/mol. The first-order chi connectivity index (χ1) is 16.1. The number of benzene rings is 2. The lowest BCUT2D eigenvalue weighted by molar-refractivity contribution is 0.0918. The SMILES string of the molecule is C[C@@H](NC(=O)c1ccc(-c2nnco2)cc1)C1CCC(c2ccnc3ccc(F)cc23)CC1. The Bertz CT molecular complexity index is 1250. The Hall–Kier alpha value is -3.61. The Labute approximate surface area is 191 Å². The topological polar surface area (TPSA) is 80.9 Å². The minimum absolute atomic E-state index is 0.0701. The number of hydrogen-bond donors (Lipinski definition) is 1. The van der Waals surface area contributed by atoms with Gasteiger partial charge in [0.05, 0.1) is 5.52 Å². The van der Waals surface area contributed by atoms with Gasteiger partial charge in [-0.3, -0.25) is 9.78 Å². The third kappa shape index (κ3) is 4.49. The summed E-state index contributed by atoms with van der Waals surface area (Å²) in [5, 5.41) is 11.6. The molecular weight excluding hydrogens is 419 g/mol. The van der Waals surface area contributed by atoms with E-state index in [0.717, 1.165) is 42.1 Å². The first kappa shape index (κ1) is 21.2. The molecule has 5 rings (SSSR count). The smallest absolute Gasteiger partial charge is 0.251 e.